The Hall–Kier alpha value is -2.28. The second-order valence-electron chi connectivity index (χ2n) is 5.75. The van der Waals surface area contributed by atoms with E-state index in [2.05, 4.69) is 15.3 Å². The molecule has 1 aliphatic carbocycles. The fourth-order valence-electron chi connectivity index (χ4n) is 2.76. The van der Waals surface area contributed by atoms with E-state index < -0.39 is 0 Å². The fraction of sp³-hybridized carbons (Fsp3) is 0.353. The normalized spacial score (nSPS) is 19.4. The maximum absolute atomic E-state index is 12.0. The van der Waals surface area contributed by atoms with Gasteiger partial charge in [0.25, 0.3) is 5.91 Å². The average molecular weight is 343 g/mol. The number of Topliss-reactive ketones (excluding diaryl/α,β-unsaturated/α-hetero) is 1. The van der Waals surface area contributed by atoms with Crippen molar-refractivity contribution in [1.29, 1.82) is 0 Å². The van der Waals surface area contributed by atoms with Crippen LogP contribution in [0, 0.1) is 5.92 Å². The predicted octanol–water partition coefficient (Wildman–Crippen LogP) is 2.70. The second kappa shape index (κ2) is 7.09. The van der Waals surface area contributed by atoms with Gasteiger partial charge < -0.3 is 5.32 Å². The number of carbonyl (C=O) groups excluding carboxylic acids is 3. The number of anilines is 1. The molecule has 0 radical (unpaired) electrons. The maximum atomic E-state index is 12.0. The average Bonchev–Trinajstić information content (AvgIpc) is 3.02. The van der Waals surface area contributed by atoms with Gasteiger partial charge in [-0.1, -0.05) is 23.9 Å². The molecule has 1 fully saturated rings. The van der Waals surface area contributed by atoms with Crippen molar-refractivity contribution in [3.8, 4) is 0 Å². The van der Waals surface area contributed by atoms with Crippen LogP contribution in [-0.2, 0) is 9.59 Å². The van der Waals surface area contributed by atoms with Crippen molar-refractivity contribution in [3.05, 3.63) is 29.8 Å². The van der Waals surface area contributed by atoms with Crippen LogP contribution < -0.4 is 5.32 Å². The number of hydrogen-bond acceptors (Lipinski definition) is 5. The van der Waals surface area contributed by atoms with Gasteiger partial charge in [-0.3, -0.25) is 14.4 Å². The summed E-state index contributed by atoms with van der Waals surface area (Å²) in [4.78, 5) is 43.7. The molecule has 0 aromatic heterocycles. The minimum Gasteiger partial charge on any atom is -0.325 e. The number of aliphatic imine (C=N–C) groups is 2. The number of nitrogens with zero attached hydrogens (tertiary/aromatic N) is 2. The second-order valence-corrected chi connectivity index (χ2v) is 6.70. The smallest absolute Gasteiger partial charge is 0.256 e. The summed E-state index contributed by atoms with van der Waals surface area (Å²) in [6.45, 7) is 1.48. The molecule has 1 saturated carbocycles. The standard InChI is InChI=1S/C17H17N3O3S/c1-10(21)11-4-2-5-12(8-11)18-15(22)9-24-17-19-14-7-3-6-13(14)16(23)20-17/h2,4-5,8,13H,3,6-7,9H2,1H3,(H,18,22). The van der Waals surface area contributed by atoms with Gasteiger partial charge in [-0.05, 0) is 38.3 Å². The summed E-state index contributed by atoms with van der Waals surface area (Å²) in [7, 11) is 0. The Labute approximate surface area is 143 Å². The molecule has 2 aliphatic rings. The molecule has 6 nitrogen and oxygen atoms in total. The number of fused-ring (bicyclic) bond motifs is 1. The van der Waals surface area contributed by atoms with E-state index in [9.17, 15) is 14.4 Å². The molecule has 2 amide bonds. The van der Waals surface area contributed by atoms with E-state index in [1.54, 1.807) is 24.3 Å². The minimum atomic E-state index is -0.232. The van der Waals surface area contributed by atoms with Crippen LogP contribution in [0.15, 0.2) is 34.3 Å². The van der Waals surface area contributed by atoms with Crippen LogP contribution >= 0.6 is 11.8 Å². The molecule has 1 N–H and O–H groups in total. The van der Waals surface area contributed by atoms with Crippen molar-refractivity contribution in [2.75, 3.05) is 11.1 Å². The third kappa shape index (κ3) is 3.79. The molecule has 24 heavy (non-hydrogen) atoms. The number of benzene rings is 1. The van der Waals surface area contributed by atoms with Crippen molar-refractivity contribution in [1.82, 2.24) is 0 Å². The molecule has 1 aliphatic heterocycles. The number of thioether (sulfide) groups is 1. The van der Waals surface area contributed by atoms with Gasteiger partial charge in [-0.25, -0.2) is 4.99 Å². The summed E-state index contributed by atoms with van der Waals surface area (Å²) >= 11 is 1.15. The first-order chi connectivity index (χ1) is 11.5. The largest absolute Gasteiger partial charge is 0.325 e. The first-order valence-electron chi connectivity index (χ1n) is 7.76. The molecular weight excluding hydrogens is 326 g/mol. The molecule has 1 atom stereocenters. The van der Waals surface area contributed by atoms with Crippen LogP contribution in [-0.4, -0.2) is 34.2 Å². The number of hydrogen-bond donors (Lipinski definition) is 1. The van der Waals surface area contributed by atoms with E-state index >= 15 is 0 Å². The molecule has 0 spiro atoms. The summed E-state index contributed by atoms with van der Waals surface area (Å²) in [5.74, 6) is -0.466. The maximum Gasteiger partial charge on any atom is 0.256 e. The number of nitrogens with one attached hydrogen (secondary N) is 1. The fourth-order valence-corrected chi connectivity index (χ4v) is 3.42. The lowest BCUT2D eigenvalue weighted by Crippen LogP contribution is -2.24. The SMILES string of the molecule is CC(=O)c1cccc(NC(=O)CSC2=NC(=O)C3CCCC3=N2)c1. The highest BCUT2D eigenvalue weighted by Gasteiger charge is 2.32. The number of ketones is 1. The molecule has 1 heterocycles. The van der Waals surface area contributed by atoms with Crippen molar-refractivity contribution < 1.29 is 14.4 Å². The van der Waals surface area contributed by atoms with E-state index in [1.807, 2.05) is 0 Å². The van der Waals surface area contributed by atoms with Gasteiger partial charge in [0.05, 0.1) is 11.7 Å². The van der Waals surface area contributed by atoms with Gasteiger partial charge in [-0.2, -0.15) is 4.99 Å². The van der Waals surface area contributed by atoms with Gasteiger partial charge in [0.1, 0.15) is 0 Å². The predicted molar refractivity (Wildman–Crippen MR) is 94.8 cm³/mol. The highest BCUT2D eigenvalue weighted by atomic mass is 32.2. The molecular formula is C17H17N3O3S. The Morgan fingerprint density at radius 3 is 2.96 bits per heavy atom. The van der Waals surface area contributed by atoms with Crippen LogP contribution in [0.25, 0.3) is 0 Å². The summed E-state index contributed by atoms with van der Waals surface area (Å²) in [5.41, 5.74) is 2.01. The number of amides is 2. The van der Waals surface area contributed by atoms with E-state index in [1.165, 1.54) is 6.92 Å². The molecule has 0 bridgehead atoms. The van der Waals surface area contributed by atoms with Crippen LogP contribution in [0.5, 0.6) is 0 Å². The first kappa shape index (κ1) is 16.6. The van der Waals surface area contributed by atoms with Gasteiger partial charge in [0.15, 0.2) is 11.0 Å². The molecule has 1 unspecified atom stereocenters. The first-order valence-corrected chi connectivity index (χ1v) is 8.75. The van der Waals surface area contributed by atoms with Gasteiger partial charge in [0, 0.05) is 17.0 Å². The molecule has 3 rings (SSSR count). The lowest BCUT2D eigenvalue weighted by Gasteiger charge is -2.13. The van der Waals surface area contributed by atoms with Crippen molar-refractivity contribution in [2.45, 2.75) is 26.2 Å². The van der Waals surface area contributed by atoms with E-state index in [0.29, 0.717) is 16.4 Å². The van der Waals surface area contributed by atoms with Gasteiger partial charge in [0.2, 0.25) is 5.91 Å². The Morgan fingerprint density at radius 2 is 2.17 bits per heavy atom. The van der Waals surface area contributed by atoms with E-state index in [4.69, 9.17) is 0 Å². The van der Waals surface area contributed by atoms with E-state index in [-0.39, 0.29) is 29.3 Å². The highest BCUT2D eigenvalue weighted by molar-refractivity contribution is 8.14. The van der Waals surface area contributed by atoms with E-state index in [0.717, 1.165) is 36.7 Å². The van der Waals surface area contributed by atoms with Crippen molar-refractivity contribution in [2.24, 2.45) is 15.9 Å². The zero-order valence-corrected chi connectivity index (χ0v) is 14.1. The topological polar surface area (TPSA) is 88.0 Å². The lowest BCUT2D eigenvalue weighted by atomic mass is 10.1. The zero-order valence-electron chi connectivity index (χ0n) is 13.2. The zero-order chi connectivity index (χ0) is 17.1. The number of amidine groups is 1. The Kier molecular flexibility index (Phi) is 4.89. The van der Waals surface area contributed by atoms with Crippen molar-refractivity contribution in [3.63, 3.8) is 0 Å². The summed E-state index contributed by atoms with van der Waals surface area (Å²) < 4.78 is 0. The lowest BCUT2D eigenvalue weighted by molar-refractivity contribution is -0.119. The van der Waals surface area contributed by atoms with Crippen LogP contribution in [0.1, 0.15) is 36.5 Å². The minimum absolute atomic E-state index is 0.0579. The third-order valence-electron chi connectivity index (χ3n) is 3.96. The third-order valence-corrected chi connectivity index (χ3v) is 4.80. The molecule has 1 aromatic carbocycles. The Balaban J connectivity index is 1.57. The van der Waals surface area contributed by atoms with Gasteiger partial charge in [-0.15, -0.1) is 0 Å². The molecule has 124 valence electrons. The molecule has 7 heteroatoms. The van der Waals surface area contributed by atoms with Crippen LogP contribution in [0.4, 0.5) is 5.69 Å². The summed E-state index contributed by atoms with van der Waals surface area (Å²) in [6, 6.07) is 6.77. The summed E-state index contributed by atoms with van der Waals surface area (Å²) in [6.07, 6.45) is 2.63. The van der Waals surface area contributed by atoms with Crippen LogP contribution in [0.3, 0.4) is 0 Å². The monoisotopic (exact) mass is 343 g/mol. The molecule has 1 aromatic rings. The summed E-state index contributed by atoms with van der Waals surface area (Å²) in [5, 5.41) is 3.10. The Morgan fingerprint density at radius 1 is 1.33 bits per heavy atom. The molecule has 0 saturated heterocycles. The van der Waals surface area contributed by atoms with Gasteiger partial charge >= 0.3 is 0 Å². The van der Waals surface area contributed by atoms with Crippen LogP contribution in [0.2, 0.25) is 0 Å². The quantitative estimate of drug-likeness (QED) is 0.851. The number of rotatable bonds is 4. The Bertz CT molecular complexity index is 770. The number of carbonyl (C=O) groups is 3. The van der Waals surface area contributed by atoms with Crippen molar-refractivity contribution >= 4 is 45.9 Å². The highest BCUT2D eigenvalue weighted by Crippen LogP contribution is 2.28.